The summed E-state index contributed by atoms with van der Waals surface area (Å²) in [5.74, 6) is 0. The van der Waals surface area contributed by atoms with Crippen LogP contribution in [0.15, 0.2) is 175 Å². The van der Waals surface area contributed by atoms with Crippen molar-refractivity contribution in [3.05, 3.63) is 170 Å². The molecule has 5 aromatic carbocycles. The lowest BCUT2D eigenvalue weighted by atomic mass is 9.96. The van der Waals surface area contributed by atoms with Crippen LogP contribution in [0.4, 0.5) is 0 Å². The predicted octanol–water partition coefficient (Wildman–Crippen LogP) is 11.8. The first-order valence-electron chi connectivity index (χ1n) is 17.0. The van der Waals surface area contributed by atoms with Gasteiger partial charge in [0.15, 0.2) is 0 Å². The van der Waals surface area contributed by atoms with Gasteiger partial charge in [-0.15, -0.1) is 0 Å². The van der Waals surface area contributed by atoms with Gasteiger partial charge < -0.3 is 4.42 Å². The van der Waals surface area contributed by atoms with Gasteiger partial charge in [0, 0.05) is 23.3 Å². The Morgan fingerprint density at radius 3 is 1.61 bits per heavy atom. The molecule has 5 aromatic heterocycles. The van der Waals surface area contributed by atoms with E-state index in [0.717, 1.165) is 94.5 Å². The molecule has 0 saturated heterocycles. The molecule has 0 aliphatic heterocycles. The third-order valence-corrected chi connectivity index (χ3v) is 9.59. The van der Waals surface area contributed by atoms with Gasteiger partial charge in [0.1, 0.15) is 11.2 Å². The molecule has 0 unspecified atom stereocenters. The molecule has 0 spiro atoms. The highest BCUT2D eigenvalue weighted by Gasteiger charge is 2.19. The van der Waals surface area contributed by atoms with Gasteiger partial charge >= 0.3 is 0 Å². The Morgan fingerprint density at radius 1 is 0.392 bits per heavy atom. The number of nitrogens with zero attached hydrogens (tertiary/aromatic N) is 4. The number of furan rings is 1. The summed E-state index contributed by atoms with van der Waals surface area (Å²) in [6.07, 6.45) is 3.59. The number of rotatable bonds is 5. The molecule has 0 fully saturated rings. The molecule has 5 heterocycles. The Morgan fingerprint density at radius 2 is 0.961 bits per heavy atom. The van der Waals surface area contributed by atoms with Crippen molar-refractivity contribution in [1.82, 2.24) is 19.9 Å². The molecule has 10 rings (SSSR count). The van der Waals surface area contributed by atoms with Crippen molar-refractivity contribution in [2.45, 2.75) is 0 Å². The van der Waals surface area contributed by atoms with E-state index in [-0.39, 0.29) is 0 Å². The Hall–Kier alpha value is -6.98. The van der Waals surface area contributed by atoms with Crippen LogP contribution in [0.2, 0.25) is 0 Å². The second kappa shape index (κ2) is 11.9. The van der Waals surface area contributed by atoms with E-state index in [1.165, 1.54) is 5.39 Å². The number of pyridine rings is 4. The Balaban J connectivity index is 1.04. The zero-order valence-electron chi connectivity index (χ0n) is 27.4. The van der Waals surface area contributed by atoms with Crippen LogP contribution in [0, 0.1) is 0 Å². The van der Waals surface area contributed by atoms with Crippen LogP contribution in [0.25, 0.3) is 99.9 Å². The topological polar surface area (TPSA) is 64.7 Å². The van der Waals surface area contributed by atoms with E-state index in [0.29, 0.717) is 0 Å². The number of hydrogen-bond acceptors (Lipinski definition) is 5. The molecule has 0 aliphatic rings. The molecular formula is C46H28N4O. The molecule has 0 atom stereocenters. The average Bonchev–Trinajstić information content (AvgIpc) is 3.61. The quantitative estimate of drug-likeness (QED) is 0.173. The zero-order chi connectivity index (χ0) is 33.7. The van der Waals surface area contributed by atoms with Crippen molar-refractivity contribution in [1.29, 1.82) is 0 Å². The Bertz CT molecular complexity index is 2820. The van der Waals surface area contributed by atoms with Crippen LogP contribution in [-0.2, 0) is 0 Å². The summed E-state index contributed by atoms with van der Waals surface area (Å²) in [4.78, 5) is 19.3. The van der Waals surface area contributed by atoms with Crippen LogP contribution in [0.1, 0.15) is 0 Å². The average molecular weight is 653 g/mol. The molecule has 0 amide bonds. The van der Waals surface area contributed by atoms with Gasteiger partial charge in [-0.3, -0.25) is 9.97 Å². The molecule has 238 valence electrons. The third-order valence-electron chi connectivity index (χ3n) is 9.59. The molecule has 0 radical (unpaired) electrons. The monoisotopic (exact) mass is 652 g/mol. The van der Waals surface area contributed by atoms with Crippen molar-refractivity contribution < 1.29 is 4.42 Å². The fourth-order valence-electron chi connectivity index (χ4n) is 7.10. The molecular weight excluding hydrogens is 625 g/mol. The van der Waals surface area contributed by atoms with Crippen LogP contribution in [-0.4, -0.2) is 19.9 Å². The number of hydrogen-bond donors (Lipinski definition) is 0. The minimum atomic E-state index is 0.809. The molecule has 5 heteroatoms. The van der Waals surface area contributed by atoms with Gasteiger partial charge in [-0.05, 0) is 81.6 Å². The lowest BCUT2D eigenvalue weighted by molar-refractivity contribution is 0.673. The van der Waals surface area contributed by atoms with Crippen molar-refractivity contribution in [3.8, 4) is 56.3 Å². The summed E-state index contributed by atoms with van der Waals surface area (Å²) in [5.41, 5.74) is 12.3. The standard InChI is InChI=1S/C46H28N4O/c1-2-10-35-32(9-1)23-24-39-43(35)46-44(36-11-3-4-14-42(36)51-46)45(50-39)33-21-19-30(20-22-33)29-15-17-31(18-16-29)34-27-40(37-12-5-7-25-47-37)49-41(28-34)38-13-6-8-26-48-38/h1-28H. The first-order valence-corrected chi connectivity index (χ1v) is 17.0. The van der Waals surface area contributed by atoms with Gasteiger partial charge in [0.25, 0.3) is 0 Å². The van der Waals surface area contributed by atoms with E-state index in [1.807, 2.05) is 48.5 Å². The second-order valence-electron chi connectivity index (χ2n) is 12.7. The SMILES string of the molecule is c1ccc(-c2cc(-c3ccc(-c4ccc(-c5nc6ccc7ccccc7c6c6oc7ccccc7c56)cc4)cc3)cc(-c3ccccn3)n2)nc1. The van der Waals surface area contributed by atoms with E-state index >= 15 is 0 Å². The minimum absolute atomic E-state index is 0.809. The largest absolute Gasteiger partial charge is 0.455 e. The molecule has 0 aliphatic carbocycles. The van der Waals surface area contributed by atoms with E-state index in [2.05, 4.69) is 119 Å². The van der Waals surface area contributed by atoms with Crippen molar-refractivity contribution in [3.63, 3.8) is 0 Å². The van der Waals surface area contributed by atoms with Crippen molar-refractivity contribution in [2.75, 3.05) is 0 Å². The predicted molar refractivity (Wildman–Crippen MR) is 207 cm³/mol. The summed E-state index contributed by atoms with van der Waals surface area (Å²) in [7, 11) is 0. The normalized spacial score (nSPS) is 11.5. The van der Waals surface area contributed by atoms with Crippen LogP contribution < -0.4 is 0 Å². The third kappa shape index (κ3) is 5.03. The fourth-order valence-corrected chi connectivity index (χ4v) is 7.10. The maximum absolute atomic E-state index is 6.59. The van der Waals surface area contributed by atoms with Crippen molar-refractivity contribution in [2.24, 2.45) is 0 Å². The first-order chi connectivity index (χ1) is 25.3. The van der Waals surface area contributed by atoms with E-state index in [4.69, 9.17) is 14.4 Å². The number of fused-ring (bicyclic) bond motifs is 7. The lowest BCUT2D eigenvalue weighted by Gasteiger charge is -2.11. The summed E-state index contributed by atoms with van der Waals surface area (Å²) in [6, 6.07) is 54.2. The Kier molecular flexibility index (Phi) is 6.74. The molecule has 5 nitrogen and oxygen atoms in total. The fraction of sp³-hybridized carbons (Fsp3) is 0. The van der Waals surface area contributed by atoms with Crippen LogP contribution >= 0.6 is 0 Å². The van der Waals surface area contributed by atoms with E-state index < -0.39 is 0 Å². The summed E-state index contributed by atoms with van der Waals surface area (Å²) in [5, 5.41) is 5.47. The minimum Gasteiger partial charge on any atom is -0.455 e. The number of para-hydroxylation sites is 1. The maximum atomic E-state index is 6.59. The van der Waals surface area contributed by atoms with Gasteiger partial charge in [0.05, 0.1) is 44.8 Å². The highest BCUT2D eigenvalue weighted by Crippen LogP contribution is 2.42. The van der Waals surface area contributed by atoms with E-state index in [1.54, 1.807) is 12.4 Å². The van der Waals surface area contributed by atoms with Gasteiger partial charge in [-0.2, -0.15) is 0 Å². The zero-order valence-corrected chi connectivity index (χ0v) is 27.4. The maximum Gasteiger partial charge on any atom is 0.147 e. The van der Waals surface area contributed by atoms with E-state index in [9.17, 15) is 0 Å². The molecule has 0 saturated carbocycles. The molecule has 10 aromatic rings. The molecule has 0 bridgehead atoms. The molecule has 0 N–H and O–H groups in total. The highest BCUT2D eigenvalue weighted by atomic mass is 16.3. The second-order valence-corrected chi connectivity index (χ2v) is 12.7. The van der Waals surface area contributed by atoms with Crippen molar-refractivity contribution >= 4 is 43.6 Å². The summed E-state index contributed by atoms with van der Waals surface area (Å²) < 4.78 is 6.59. The molecule has 51 heavy (non-hydrogen) atoms. The smallest absolute Gasteiger partial charge is 0.147 e. The first kappa shape index (κ1) is 29.0. The highest BCUT2D eigenvalue weighted by molar-refractivity contribution is 6.25. The van der Waals surface area contributed by atoms with Crippen LogP contribution in [0.5, 0.6) is 0 Å². The Labute approximate surface area is 293 Å². The van der Waals surface area contributed by atoms with Gasteiger partial charge in [0.2, 0.25) is 0 Å². The number of aromatic nitrogens is 4. The summed E-state index contributed by atoms with van der Waals surface area (Å²) >= 11 is 0. The lowest BCUT2D eigenvalue weighted by Crippen LogP contribution is -1.94. The van der Waals surface area contributed by atoms with Crippen LogP contribution in [0.3, 0.4) is 0 Å². The van der Waals surface area contributed by atoms with Gasteiger partial charge in [-0.1, -0.05) is 109 Å². The van der Waals surface area contributed by atoms with Gasteiger partial charge in [-0.25, -0.2) is 9.97 Å². The number of benzene rings is 5. The summed E-state index contributed by atoms with van der Waals surface area (Å²) in [6.45, 7) is 0.